The Bertz CT molecular complexity index is 709. The molecule has 1 aliphatic heterocycles. The Hall–Kier alpha value is -2.27. The normalized spacial score (nSPS) is 13.1. The summed E-state index contributed by atoms with van der Waals surface area (Å²) in [6.45, 7) is 4.72. The first-order chi connectivity index (χ1) is 10.8. The summed E-state index contributed by atoms with van der Waals surface area (Å²) in [6, 6.07) is 9.49. The van der Waals surface area contributed by atoms with Crippen LogP contribution in [0.1, 0.15) is 18.9 Å². The Morgan fingerprint density at radius 3 is 2.73 bits per heavy atom. The zero-order valence-electron chi connectivity index (χ0n) is 12.6. The van der Waals surface area contributed by atoms with Crippen LogP contribution in [0.3, 0.4) is 0 Å². The van der Waals surface area contributed by atoms with Crippen molar-refractivity contribution in [3.63, 3.8) is 0 Å². The molecule has 2 aromatic rings. The van der Waals surface area contributed by atoms with E-state index in [1.807, 2.05) is 30.3 Å². The summed E-state index contributed by atoms with van der Waals surface area (Å²) in [4.78, 5) is 15.1. The van der Waals surface area contributed by atoms with Gasteiger partial charge in [0.25, 0.3) is 5.56 Å². The topological polar surface area (TPSA) is 63.4 Å². The van der Waals surface area contributed by atoms with Crippen LogP contribution in [0.15, 0.2) is 35.1 Å². The molecule has 0 saturated carbocycles. The van der Waals surface area contributed by atoms with Gasteiger partial charge in [-0.2, -0.15) is 0 Å². The first kappa shape index (κ1) is 14.7. The fourth-order valence-electron chi connectivity index (χ4n) is 2.42. The molecule has 2 N–H and O–H groups in total. The maximum Gasteiger partial charge on any atom is 0.252 e. The molecule has 0 atom stereocenters. The second kappa shape index (κ2) is 6.66. The fourth-order valence-corrected chi connectivity index (χ4v) is 2.42. The number of hydrogen-bond donors (Lipinski definition) is 2. The molecule has 2 heterocycles. The van der Waals surface area contributed by atoms with Gasteiger partial charge in [0.15, 0.2) is 11.5 Å². The van der Waals surface area contributed by atoms with Crippen LogP contribution in [0, 0.1) is 0 Å². The maximum absolute atomic E-state index is 12.1. The molecule has 0 amide bonds. The van der Waals surface area contributed by atoms with E-state index < -0.39 is 0 Å². The Morgan fingerprint density at radius 2 is 1.95 bits per heavy atom. The molecule has 1 aromatic carbocycles. The summed E-state index contributed by atoms with van der Waals surface area (Å²) in [7, 11) is 0. The molecular weight excluding hydrogens is 280 g/mol. The van der Waals surface area contributed by atoms with Crippen molar-refractivity contribution >= 4 is 0 Å². The number of pyridine rings is 1. The van der Waals surface area contributed by atoms with Crippen molar-refractivity contribution in [3.05, 3.63) is 46.2 Å². The van der Waals surface area contributed by atoms with Gasteiger partial charge in [-0.1, -0.05) is 13.0 Å². The van der Waals surface area contributed by atoms with Crippen molar-refractivity contribution in [1.82, 2.24) is 10.3 Å². The molecule has 1 aromatic heterocycles. The van der Waals surface area contributed by atoms with Gasteiger partial charge in [-0.25, -0.2) is 0 Å². The number of H-pyrrole nitrogens is 1. The van der Waals surface area contributed by atoms with Crippen molar-refractivity contribution in [3.8, 4) is 22.8 Å². The zero-order valence-corrected chi connectivity index (χ0v) is 12.6. The van der Waals surface area contributed by atoms with Crippen LogP contribution in [0.4, 0.5) is 0 Å². The minimum absolute atomic E-state index is 0.0593. The number of rotatable bonds is 5. The predicted octanol–water partition coefficient (Wildman–Crippen LogP) is 2.31. The lowest BCUT2D eigenvalue weighted by Gasteiger charge is -2.18. The van der Waals surface area contributed by atoms with Crippen molar-refractivity contribution in [2.24, 2.45) is 0 Å². The maximum atomic E-state index is 12.1. The highest BCUT2D eigenvalue weighted by atomic mass is 16.6. The number of ether oxygens (including phenoxy) is 2. The number of nitrogens with one attached hydrogen (secondary N) is 2. The van der Waals surface area contributed by atoms with Crippen molar-refractivity contribution in [2.45, 2.75) is 19.9 Å². The summed E-state index contributed by atoms with van der Waals surface area (Å²) < 4.78 is 11.1. The lowest BCUT2D eigenvalue weighted by molar-refractivity contribution is 0.171. The van der Waals surface area contributed by atoms with Gasteiger partial charge in [-0.15, -0.1) is 0 Å². The van der Waals surface area contributed by atoms with E-state index in [-0.39, 0.29) is 5.56 Å². The van der Waals surface area contributed by atoms with Crippen LogP contribution in [-0.4, -0.2) is 24.7 Å². The molecule has 0 spiro atoms. The van der Waals surface area contributed by atoms with Gasteiger partial charge in [-0.3, -0.25) is 4.79 Å². The van der Waals surface area contributed by atoms with E-state index in [1.165, 1.54) is 0 Å². The Morgan fingerprint density at radius 1 is 1.14 bits per heavy atom. The van der Waals surface area contributed by atoms with Crippen LogP contribution in [0.2, 0.25) is 0 Å². The van der Waals surface area contributed by atoms with Gasteiger partial charge >= 0.3 is 0 Å². The number of aromatic amines is 1. The number of benzene rings is 1. The molecule has 22 heavy (non-hydrogen) atoms. The lowest BCUT2D eigenvalue weighted by atomic mass is 10.1. The average molecular weight is 300 g/mol. The monoisotopic (exact) mass is 300 g/mol. The van der Waals surface area contributed by atoms with Crippen molar-refractivity contribution < 1.29 is 9.47 Å². The lowest BCUT2D eigenvalue weighted by Crippen LogP contribution is -2.21. The average Bonchev–Trinajstić information content (AvgIpc) is 2.56. The molecular formula is C17H20N2O3. The molecule has 116 valence electrons. The number of hydrogen-bond acceptors (Lipinski definition) is 4. The van der Waals surface area contributed by atoms with E-state index in [2.05, 4.69) is 17.2 Å². The van der Waals surface area contributed by atoms with E-state index in [1.54, 1.807) is 0 Å². The molecule has 5 nitrogen and oxygen atoms in total. The van der Waals surface area contributed by atoms with Crippen molar-refractivity contribution in [1.29, 1.82) is 0 Å². The summed E-state index contributed by atoms with van der Waals surface area (Å²) >= 11 is 0. The third-order valence-corrected chi connectivity index (χ3v) is 3.59. The van der Waals surface area contributed by atoms with Crippen molar-refractivity contribution in [2.75, 3.05) is 19.8 Å². The first-order valence-electron chi connectivity index (χ1n) is 7.61. The fraction of sp³-hybridized carbons (Fsp3) is 0.353. The van der Waals surface area contributed by atoms with E-state index in [0.29, 0.717) is 19.8 Å². The summed E-state index contributed by atoms with van der Waals surface area (Å²) in [6.07, 6.45) is 1.05. The van der Waals surface area contributed by atoms with Crippen LogP contribution in [0.5, 0.6) is 11.5 Å². The Labute approximate surface area is 129 Å². The molecule has 3 rings (SSSR count). The highest BCUT2D eigenvalue weighted by Gasteiger charge is 2.13. The number of aromatic nitrogens is 1. The smallest absolute Gasteiger partial charge is 0.252 e. The van der Waals surface area contributed by atoms with Crippen LogP contribution < -0.4 is 20.3 Å². The standard InChI is InChI=1S/C17H20N2O3/c1-2-7-18-11-13-3-5-14(19-17(13)20)12-4-6-15-16(10-12)22-9-8-21-15/h3-6,10,18H,2,7-9,11H2,1H3,(H,19,20). The van der Waals surface area contributed by atoms with E-state index in [4.69, 9.17) is 9.47 Å². The van der Waals surface area contributed by atoms with Crippen LogP contribution >= 0.6 is 0 Å². The quantitative estimate of drug-likeness (QED) is 0.832. The predicted molar refractivity (Wildman–Crippen MR) is 85.5 cm³/mol. The number of fused-ring (bicyclic) bond motifs is 1. The van der Waals surface area contributed by atoms with E-state index >= 15 is 0 Å². The molecule has 0 aliphatic carbocycles. The Balaban J connectivity index is 1.83. The minimum Gasteiger partial charge on any atom is -0.486 e. The largest absolute Gasteiger partial charge is 0.486 e. The molecule has 5 heteroatoms. The SMILES string of the molecule is CCCNCc1ccc(-c2ccc3c(c2)OCCO3)[nH]c1=O. The zero-order chi connectivity index (χ0) is 15.4. The van der Waals surface area contributed by atoms with Gasteiger partial charge in [0.2, 0.25) is 0 Å². The van der Waals surface area contributed by atoms with Gasteiger partial charge < -0.3 is 19.8 Å². The molecule has 0 unspecified atom stereocenters. The second-order valence-electron chi connectivity index (χ2n) is 5.26. The molecule has 0 saturated heterocycles. The first-order valence-corrected chi connectivity index (χ1v) is 7.61. The summed E-state index contributed by atoms with van der Waals surface area (Å²) in [5.41, 5.74) is 2.38. The third-order valence-electron chi connectivity index (χ3n) is 3.59. The van der Waals surface area contributed by atoms with Gasteiger partial charge in [0.1, 0.15) is 13.2 Å². The van der Waals surface area contributed by atoms with Crippen LogP contribution in [0.25, 0.3) is 11.3 Å². The van der Waals surface area contributed by atoms with Crippen LogP contribution in [-0.2, 0) is 6.54 Å². The minimum atomic E-state index is -0.0593. The molecule has 1 aliphatic rings. The summed E-state index contributed by atoms with van der Waals surface area (Å²) in [5.74, 6) is 1.47. The molecule has 0 radical (unpaired) electrons. The Kier molecular flexibility index (Phi) is 4.44. The highest BCUT2D eigenvalue weighted by molar-refractivity contribution is 5.64. The van der Waals surface area contributed by atoms with E-state index in [0.717, 1.165) is 41.3 Å². The van der Waals surface area contributed by atoms with Gasteiger partial charge in [0, 0.05) is 23.4 Å². The highest BCUT2D eigenvalue weighted by Crippen LogP contribution is 2.33. The summed E-state index contributed by atoms with van der Waals surface area (Å²) in [5, 5.41) is 3.24. The molecule has 0 bridgehead atoms. The van der Waals surface area contributed by atoms with Gasteiger partial charge in [-0.05, 0) is 37.2 Å². The van der Waals surface area contributed by atoms with E-state index in [9.17, 15) is 4.79 Å². The van der Waals surface area contributed by atoms with Gasteiger partial charge in [0.05, 0.1) is 0 Å². The third kappa shape index (κ3) is 3.14. The molecule has 0 fully saturated rings. The second-order valence-corrected chi connectivity index (χ2v) is 5.26.